The Balaban J connectivity index is 2.43. The average molecular weight is 297 g/mol. The standard InChI is InChI=1S/C15H27N3OS/c1-11(2)14-17-12(8-20-14)7-13(19)16-9-15(3,4)10-18(5)6/h8,11H,7,9-10H2,1-6H3,(H,16,19). The van der Waals surface area contributed by atoms with E-state index in [1.165, 1.54) is 0 Å². The van der Waals surface area contributed by atoms with Crippen LogP contribution in [0, 0.1) is 5.41 Å². The topological polar surface area (TPSA) is 45.2 Å². The molecule has 0 fully saturated rings. The van der Waals surface area contributed by atoms with E-state index in [1.807, 2.05) is 19.5 Å². The quantitative estimate of drug-likeness (QED) is 0.841. The van der Waals surface area contributed by atoms with Crippen molar-refractivity contribution in [2.45, 2.75) is 40.0 Å². The highest BCUT2D eigenvalue weighted by atomic mass is 32.1. The first-order chi connectivity index (χ1) is 9.19. The van der Waals surface area contributed by atoms with Crippen LogP contribution in [0.5, 0.6) is 0 Å². The Kier molecular flexibility index (Phi) is 6.14. The van der Waals surface area contributed by atoms with Crippen molar-refractivity contribution in [3.05, 3.63) is 16.1 Å². The summed E-state index contributed by atoms with van der Waals surface area (Å²) in [4.78, 5) is 18.6. The number of rotatable bonds is 7. The van der Waals surface area contributed by atoms with E-state index in [9.17, 15) is 4.79 Å². The van der Waals surface area contributed by atoms with Crippen LogP contribution in [0.2, 0.25) is 0 Å². The van der Waals surface area contributed by atoms with Crippen molar-refractivity contribution < 1.29 is 4.79 Å². The highest BCUT2D eigenvalue weighted by molar-refractivity contribution is 7.09. The highest BCUT2D eigenvalue weighted by Gasteiger charge is 2.20. The van der Waals surface area contributed by atoms with Crippen LogP contribution in [0.1, 0.15) is 44.3 Å². The molecule has 114 valence electrons. The van der Waals surface area contributed by atoms with E-state index in [2.05, 4.69) is 42.9 Å². The molecule has 0 spiro atoms. The minimum atomic E-state index is 0.0532. The summed E-state index contributed by atoms with van der Waals surface area (Å²) in [7, 11) is 4.10. The molecule has 5 heteroatoms. The van der Waals surface area contributed by atoms with Gasteiger partial charge in [0.05, 0.1) is 17.1 Å². The average Bonchev–Trinajstić information content (AvgIpc) is 2.73. The van der Waals surface area contributed by atoms with E-state index >= 15 is 0 Å². The normalized spacial score (nSPS) is 12.2. The molecule has 0 aliphatic carbocycles. The van der Waals surface area contributed by atoms with Gasteiger partial charge in [-0.25, -0.2) is 4.98 Å². The predicted octanol–water partition coefficient (Wildman–Crippen LogP) is 2.51. The van der Waals surface area contributed by atoms with Crippen molar-refractivity contribution in [1.29, 1.82) is 0 Å². The lowest BCUT2D eigenvalue weighted by Crippen LogP contribution is -2.40. The molecule has 0 aromatic carbocycles. The Hall–Kier alpha value is -0.940. The fraction of sp³-hybridized carbons (Fsp3) is 0.733. The molecule has 1 rings (SSSR count). The van der Waals surface area contributed by atoms with Crippen molar-refractivity contribution in [2.24, 2.45) is 5.41 Å². The van der Waals surface area contributed by atoms with Crippen LogP contribution in [0.25, 0.3) is 0 Å². The summed E-state index contributed by atoms with van der Waals surface area (Å²) < 4.78 is 0. The predicted molar refractivity (Wildman–Crippen MR) is 85.3 cm³/mol. The Morgan fingerprint density at radius 3 is 2.60 bits per heavy atom. The zero-order valence-electron chi connectivity index (χ0n) is 13.5. The molecule has 0 radical (unpaired) electrons. The third-order valence-corrected chi connectivity index (χ3v) is 4.11. The van der Waals surface area contributed by atoms with Crippen LogP contribution in [0.4, 0.5) is 0 Å². The molecular formula is C15H27N3OS. The second-order valence-corrected chi connectivity index (χ2v) is 7.58. The third-order valence-electron chi connectivity index (χ3n) is 2.91. The molecule has 20 heavy (non-hydrogen) atoms. The summed E-state index contributed by atoms with van der Waals surface area (Å²) in [5.41, 5.74) is 0.950. The zero-order chi connectivity index (χ0) is 15.3. The molecule has 1 N–H and O–H groups in total. The maximum Gasteiger partial charge on any atom is 0.226 e. The molecule has 0 aliphatic rings. The van der Waals surface area contributed by atoms with Gasteiger partial charge in [0.15, 0.2) is 0 Å². The number of carbonyl (C=O) groups is 1. The van der Waals surface area contributed by atoms with E-state index in [0.29, 0.717) is 18.9 Å². The van der Waals surface area contributed by atoms with Gasteiger partial charge in [-0.1, -0.05) is 27.7 Å². The van der Waals surface area contributed by atoms with Crippen molar-refractivity contribution in [1.82, 2.24) is 15.2 Å². The lowest BCUT2D eigenvalue weighted by molar-refractivity contribution is -0.121. The van der Waals surface area contributed by atoms with E-state index in [0.717, 1.165) is 17.2 Å². The summed E-state index contributed by atoms with van der Waals surface area (Å²) in [5, 5.41) is 6.10. The molecule has 0 saturated carbocycles. The highest BCUT2D eigenvalue weighted by Crippen LogP contribution is 2.19. The summed E-state index contributed by atoms with van der Waals surface area (Å²) in [6.45, 7) is 10.2. The van der Waals surface area contributed by atoms with Crippen LogP contribution in [-0.2, 0) is 11.2 Å². The third kappa shape index (κ3) is 6.01. The molecule has 0 saturated heterocycles. The molecule has 1 amide bonds. The van der Waals surface area contributed by atoms with Gasteiger partial charge in [0.2, 0.25) is 5.91 Å². The number of thiazole rings is 1. The van der Waals surface area contributed by atoms with Gasteiger partial charge in [-0.15, -0.1) is 11.3 Å². The summed E-state index contributed by atoms with van der Waals surface area (Å²) in [6.07, 6.45) is 0.376. The lowest BCUT2D eigenvalue weighted by atomic mass is 9.93. The van der Waals surface area contributed by atoms with E-state index < -0.39 is 0 Å². The molecule has 0 aliphatic heterocycles. The second kappa shape index (κ2) is 7.18. The van der Waals surface area contributed by atoms with Gasteiger partial charge < -0.3 is 10.2 Å². The van der Waals surface area contributed by atoms with Gasteiger partial charge in [-0.05, 0) is 19.5 Å². The van der Waals surface area contributed by atoms with Gasteiger partial charge in [0.25, 0.3) is 0 Å². The van der Waals surface area contributed by atoms with Gasteiger partial charge in [0, 0.05) is 24.4 Å². The minimum absolute atomic E-state index is 0.0532. The van der Waals surface area contributed by atoms with Crippen LogP contribution in [0.3, 0.4) is 0 Å². The first-order valence-electron chi connectivity index (χ1n) is 7.05. The van der Waals surface area contributed by atoms with Crippen molar-refractivity contribution in [2.75, 3.05) is 27.2 Å². The largest absolute Gasteiger partial charge is 0.355 e. The Morgan fingerprint density at radius 1 is 1.45 bits per heavy atom. The van der Waals surface area contributed by atoms with Crippen LogP contribution >= 0.6 is 11.3 Å². The fourth-order valence-corrected chi connectivity index (χ4v) is 2.98. The van der Waals surface area contributed by atoms with Crippen LogP contribution < -0.4 is 5.32 Å². The number of hydrogen-bond donors (Lipinski definition) is 1. The van der Waals surface area contributed by atoms with Gasteiger partial charge in [0.1, 0.15) is 0 Å². The van der Waals surface area contributed by atoms with Crippen molar-refractivity contribution >= 4 is 17.2 Å². The Bertz CT molecular complexity index is 438. The number of nitrogens with zero attached hydrogens (tertiary/aromatic N) is 2. The maximum atomic E-state index is 12.0. The Labute approximate surface area is 126 Å². The second-order valence-electron chi connectivity index (χ2n) is 6.69. The smallest absolute Gasteiger partial charge is 0.226 e. The van der Waals surface area contributed by atoms with Crippen molar-refractivity contribution in [3.63, 3.8) is 0 Å². The van der Waals surface area contributed by atoms with Crippen molar-refractivity contribution in [3.8, 4) is 0 Å². The summed E-state index contributed by atoms with van der Waals surface area (Å²) in [5.74, 6) is 0.480. The molecule has 1 aromatic heterocycles. The van der Waals surface area contributed by atoms with E-state index in [1.54, 1.807) is 11.3 Å². The van der Waals surface area contributed by atoms with Crippen LogP contribution in [-0.4, -0.2) is 43.0 Å². The monoisotopic (exact) mass is 297 g/mol. The number of amides is 1. The van der Waals surface area contributed by atoms with E-state index in [-0.39, 0.29) is 11.3 Å². The number of hydrogen-bond acceptors (Lipinski definition) is 4. The molecular weight excluding hydrogens is 270 g/mol. The molecule has 1 heterocycles. The van der Waals surface area contributed by atoms with E-state index in [4.69, 9.17) is 0 Å². The van der Waals surface area contributed by atoms with Crippen LogP contribution in [0.15, 0.2) is 5.38 Å². The molecule has 0 atom stereocenters. The van der Waals surface area contributed by atoms with Gasteiger partial charge in [-0.2, -0.15) is 0 Å². The molecule has 4 nitrogen and oxygen atoms in total. The first-order valence-corrected chi connectivity index (χ1v) is 7.93. The number of aromatic nitrogens is 1. The van der Waals surface area contributed by atoms with Gasteiger partial charge >= 0.3 is 0 Å². The maximum absolute atomic E-state index is 12.0. The number of nitrogens with one attached hydrogen (secondary N) is 1. The zero-order valence-corrected chi connectivity index (χ0v) is 14.3. The minimum Gasteiger partial charge on any atom is -0.355 e. The Morgan fingerprint density at radius 2 is 2.10 bits per heavy atom. The first kappa shape index (κ1) is 17.1. The fourth-order valence-electron chi connectivity index (χ4n) is 2.15. The molecule has 0 bridgehead atoms. The summed E-state index contributed by atoms with van der Waals surface area (Å²) >= 11 is 1.63. The number of carbonyl (C=O) groups excluding carboxylic acids is 1. The summed E-state index contributed by atoms with van der Waals surface area (Å²) in [6, 6.07) is 0. The molecule has 0 unspecified atom stereocenters. The lowest BCUT2D eigenvalue weighted by Gasteiger charge is -2.28. The van der Waals surface area contributed by atoms with Gasteiger partial charge in [-0.3, -0.25) is 4.79 Å². The molecule has 1 aromatic rings. The SMILES string of the molecule is CC(C)c1nc(CC(=O)NCC(C)(C)CN(C)C)cs1.